The number of hydrogen-bond donors (Lipinski definition) is 11. The summed E-state index contributed by atoms with van der Waals surface area (Å²) in [4.78, 5) is 89.5. The number of carbonyl (C=O) groups is 4. The second kappa shape index (κ2) is 39.7. The fraction of sp³-hybridized carbons (Fsp3) is 0.361. The van der Waals surface area contributed by atoms with Crippen molar-refractivity contribution in [2.45, 2.75) is 137 Å². The van der Waals surface area contributed by atoms with Crippen LogP contribution in [0.15, 0.2) is 177 Å². The number of halogens is 3. The van der Waals surface area contributed by atoms with Crippen molar-refractivity contribution >= 4 is 69.6 Å². The predicted molar refractivity (Wildman–Crippen MR) is 510 cm³/mol. The molecule has 44 heteroatoms. The smallest absolute Gasteiger partial charge is 0.343 e. The molecule has 1 unspecified atom stereocenters. The van der Waals surface area contributed by atoms with Gasteiger partial charge in [0.05, 0.1) is 143 Å². The second-order valence-corrected chi connectivity index (χ2v) is 35.5. The number of aliphatic hydroxyl groups is 4. The predicted octanol–water partition coefficient (Wildman–Crippen LogP) is 9.06. The highest BCUT2D eigenvalue weighted by Crippen LogP contribution is 2.44. The minimum Gasteiger partial charge on any atom is -0.477 e. The first-order valence-corrected chi connectivity index (χ1v) is 46.4. The van der Waals surface area contributed by atoms with Gasteiger partial charge < -0.3 is 105 Å². The van der Waals surface area contributed by atoms with Crippen LogP contribution in [0.3, 0.4) is 0 Å². The summed E-state index contributed by atoms with van der Waals surface area (Å²) in [5.41, 5.74) is 17.6. The van der Waals surface area contributed by atoms with Gasteiger partial charge in [-0.1, -0.05) is 30.3 Å². The summed E-state index contributed by atoms with van der Waals surface area (Å²) in [6, 6.07) is 31.0. The minimum absolute atomic E-state index is 0.0217. The summed E-state index contributed by atoms with van der Waals surface area (Å²) in [6.07, 6.45) is 18.8. The molecule has 0 radical (unpaired) electrons. The van der Waals surface area contributed by atoms with Crippen molar-refractivity contribution in [3.8, 4) is 90.6 Å². The Kier molecular flexibility index (Phi) is 26.4. The van der Waals surface area contributed by atoms with Crippen LogP contribution < -0.4 is 37.2 Å². The van der Waals surface area contributed by atoms with Crippen LogP contribution in [0, 0.1) is 0 Å². The third-order valence-corrected chi connectivity index (χ3v) is 26.8. The summed E-state index contributed by atoms with van der Waals surface area (Å²) < 4.78 is 80.2. The number of aromatic carboxylic acids is 1. The van der Waals surface area contributed by atoms with Gasteiger partial charge in [-0.15, -0.1) is 0 Å². The van der Waals surface area contributed by atoms with Gasteiger partial charge in [-0.2, -0.15) is 38.5 Å². The summed E-state index contributed by atoms with van der Waals surface area (Å²) in [6.45, 7) is 5.47. The molecule has 24 rings (SSSR count). The van der Waals surface area contributed by atoms with E-state index in [0.29, 0.717) is 165 Å². The van der Waals surface area contributed by atoms with Gasteiger partial charge in [0, 0.05) is 159 Å². The van der Waals surface area contributed by atoms with Crippen molar-refractivity contribution in [2.75, 3.05) is 109 Å². The highest BCUT2D eigenvalue weighted by Gasteiger charge is 2.40. The van der Waals surface area contributed by atoms with Crippen molar-refractivity contribution in [3.05, 3.63) is 205 Å². The molecule has 1 aromatic carbocycles. The summed E-state index contributed by atoms with van der Waals surface area (Å²) in [5.74, 6) is 3.17. The van der Waals surface area contributed by atoms with E-state index >= 15 is 0 Å². The van der Waals surface area contributed by atoms with Crippen LogP contribution in [0.4, 0.5) is 36.4 Å². The number of aliphatic hydroxyl groups excluding tert-OH is 4. The number of aromatic nitrogens is 20. The number of nitrogens with one attached hydrogen (secondary N) is 5. The molecule has 141 heavy (non-hydrogen) atoms. The maximum absolute atomic E-state index is 14.0. The Morgan fingerprint density at radius 3 is 1.07 bits per heavy atom. The van der Waals surface area contributed by atoms with E-state index < -0.39 is 78.8 Å². The van der Waals surface area contributed by atoms with Crippen molar-refractivity contribution in [3.63, 3.8) is 0 Å². The number of anilines is 4. The summed E-state index contributed by atoms with van der Waals surface area (Å²) in [5, 5.41) is 82.7. The van der Waals surface area contributed by atoms with Gasteiger partial charge in [0.25, 0.3) is 11.8 Å². The molecule has 730 valence electrons. The molecule has 3 saturated carbocycles. The molecule has 14 atom stereocenters. The van der Waals surface area contributed by atoms with E-state index in [1.54, 1.807) is 72.5 Å². The average molecular weight is 1930 g/mol. The highest BCUT2D eigenvalue weighted by molar-refractivity contribution is 6.02. The number of pyridine rings is 4. The van der Waals surface area contributed by atoms with Gasteiger partial charge in [-0.25, -0.2) is 62.6 Å². The van der Waals surface area contributed by atoms with Gasteiger partial charge >= 0.3 is 11.9 Å². The van der Waals surface area contributed by atoms with Gasteiger partial charge in [-0.3, -0.25) is 9.59 Å². The molecule has 4 saturated heterocycles. The van der Waals surface area contributed by atoms with Crippen molar-refractivity contribution in [2.24, 2.45) is 5.73 Å². The first kappa shape index (κ1) is 93.6. The topological polar surface area (TPSA) is 497 Å². The Balaban J connectivity index is 0.000000114. The normalized spacial score (nSPS) is 22.3. The lowest BCUT2D eigenvalue weighted by atomic mass is 9.90. The SMILES string of the molecule is CCOC(=O)c1cnn2c(NC)cc(-c3cnc4n([C@H]5COC[C@@H]5O)cccc3-4)nc12.CN(Cc1ccccc1)c1cc(-c2cnc3n([C@H]4COC[C@@H]4O)cccc2-3)nc2c(C(=O)N[C@H]3CC[C@@H]3F)cnn12.CNc1cc(-c2cnc3n([C@H]4COC[C@@H]4O)cccc2-3)nc2c(C(=O)N[C@H]3CC[C@@H]3F)cnn12.CNc1cc(-c2cnc3n([C@H]4COC[C@@H]4O)cccc2-3)nc2c(C(=O)O)cnn12.NC1CC[C@@H]1F. The maximum atomic E-state index is 14.0. The zero-order chi connectivity index (χ0) is 97.7. The zero-order valence-electron chi connectivity index (χ0n) is 77.2. The molecule has 20 heterocycles. The van der Waals surface area contributed by atoms with Gasteiger partial charge in [0.2, 0.25) is 0 Å². The Morgan fingerprint density at radius 1 is 0.426 bits per heavy atom. The number of carboxylic acid groups (broad SMARTS) is 1. The van der Waals surface area contributed by atoms with Crippen LogP contribution in [0.2, 0.25) is 0 Å². The minimum atomic E-state index is -1.09. The fourth-order valence-electron chi connectivity index (χ4n) is 18.5. The Labute approximate surface area is 801 Å². The molecule has 12 N–H and O–H groups in total. The number of ether oxygens (including phenoxy) is 5. The van der Waals surface area contributed by atoms with E-state index in [9.17, 15) is 57.9 Å². The first-order chi connectivity index (χ1) is 68.5. The van der Waals surface area contributed by atoms with Crippen molar-refractivity contribution in [1.82, 2.24) is 107 Å². The largest absolute Gasteiger partial charge is 0.477 e. The van der Waals surface area contributed by atoms with E-state index in [1.807, 2.05) is 135 Å². The van der Waals surface area contributed by atoms with E-state index in [4.69, 9.17) is 49.4 Å². The number of hydrogen-bond acceptors (Lipinski definition) is 30. The molecule has 2 amide bonds. The Bertz CT molecular complexity index is 7290. The van der Waals surface area contributed by atoms with E-state index in [2.05, 4.69) is 83.9 Å². The molecule has 41 nitrogen and oxygen atoms in total. The van der Waals surface area contributed by atoms with Gasteiger partial charge in [0.15, 0.2) is 22.6 Å². The number of nitrogens with two attached hydrogens (primary N) is 1. The molecular weight excluding hydrogens is 1820 g/mol. The molecule has 15 aliphatic rings. The molecule has 0 bridgehead atoms. The van der Waals surface area contributed by atoms with Crippen LogP contribution in [0.5, 0.6) is 0 Å². The zero-order valence-corrected chi connectivity index (χ0v) is 77.2. The Morgan fingerprint density at radius 2 is 0.759 bits per heavy atom. The van der Waals surface area contributed by atoms with Crippen molar-refractivity contribution in [1.29, 1.82) is 0 Å². The lowest BCUT2D eigenvalue weighted by Crippen LogP contribution is -2.48. The molecule has 9 aromatic rings. The van der Waals surface area contributed by atoms with E-state index in [0.717, 1.165) is 68.1 Å². The van der Waals surface area contributed by atoms with Gasteiger partial charge in [0.1, 0.15) is 112 Å². The molecule has 8 aromatic heterocycles. The van der Waals surface area contributed by atoms with E-state index in [1.165, 1.54) is 29.3 Å². The Hall–Kier alpha value is -15.0. The maximum Gasteiger partial charge on any atom is 0.343 e. The average Bonchev–Trinajstić information content (AvgIpc) is 1.62. The number of alkyl halides is 3. The number of amides is 2. The van der Waals surface area contributed by atoms with E-state index in [-0.39, 0.29) is 65.8 Å². The summed E-state index contributed by atoms with van der Waals surface area (Å²) >= 11 is 0. The number of esters is 1. The lowest BCUT2D eigenvalue weighted by molar-refractivity contribution is 0.0527. The lowest BCUT2D eigenvalue weighted by Gasteiger charge is -2.30. The number of nitrogens with zero attached hydrogens (tertiary/aromatic N) is 21. The fourth-order valence-corrected chi connectivity index (χ4v) is 18.5. The number of benzene rings is 1. The first-order valence-electron chi connectivity index (χ1n) is 46.4. The second-order valence-electron chi connectivity index (χ2n) is 35.5. The van der Waals surface area contributed by atoms with Gasteiger partial charge in [-0.05, 0) is 99.5 Å². The van der Waals surface area contributed by atoms with Crippen LogP contribution in [-0.2, 0) is 30.2 Å². The standard InChI is InChI=1S/C30H30FN7O3.C23H24FN7O3.C21H22N6O4.C19H18N6O4.C4H8FN/c1-36(15-18-6-3-2-4-7-18)27-12-24(34-29-21(14-33-38(27)29)30(40)35-23-10-9-22(23)31)20-13-32-28-19(20)8-5-11-37(28)25-16-41-17-26(25)39;1-25-20-7-17(28-22-14(9-27-31(20)22)23(33)29-16-5-4-15(16)24)13-8-26-21-12(13)3-2-6-30(21)18-10-34-11-19(18)32;1-3-31-21(29)14-9-24-27-18(22-2)7-15(25-20(14)27)13-8-23-19-12(13)5-4-6-26(19)16-10-30-11-17(16)28;1-20-16-5-13(23-18-12(19(27)28)7-22-25(16)18)11-6-21-17-10(11)3-2-4-24(17)14-8-29-9-15(14)26;5-3-1-2-4(3)6/h2-8,11-14,22-23,25-26,39H,9-10,15-17H2,1H3,(H,35,40);2-3,6-9,15-16,18-19,25,32H,4-5,10-11H2,1H3,(H,29,33);4-9,16-17,22,28H,3,10-11H2,1-2H3;2-7,14-15,20,26H,8-9H2,1H3,(H,27,28);3-4H,1-2,6H2/t22-,23-,25-,26-;15-,16-,18-,19-;16-,17-;14-,15-;3-,4?/m00000/s1. The highest BCUT2D eigenvalue weighted by atomic mass is 19.1. The number of fused-ring (bicyclic) bond motifs is 8. The number of rotatable bonds is 21. The molecule has 7 fully saturated rings. The van der Waals surface area contributed by atoms with Crippen LogP contribution in [0.25, 0.3) is 113 Å². The number of carbonyl (C=O) groups excluding carboxylic acids is 3. The number of carboxylic acids is 1. The molecule has 0 spiro atoms. The third kappa shape index (κ3) is 17.9. The molecule has 3 aliphatic carbocycles. The monoisotopic (exact) mass is 1930 g/mol. The summed E-state index contributed by atoms with van der Waals surface area (Å²) in [7, 11) is 7.24. The quantitative estimate of drug-likeness (QED) is 0.0299. The van der Waals surface area contributed by atoms with Crippen LogP contribution in [-0.4, -0.2) is 295 Å². The van der Waals surface area contributed by atoms with Crippen molar-refractivity contribution < 1.29 is 81.6 Å². The molecule has 12 aliphatic heterocycles. The third-order valence-electron chi connectivity index (χ3n) is 26.8. The molecular formula is C97H102F3N27O14. The van der Waals surface area contributed by atoms with Crippen LogP contribution >= 0.6 is 0 Å². The van der Waals surface area contributed by atoms with Crippen LogP contribution in [0.1, 0.15) is 117 Å².